The highest BCUT2D eigenvalue weighted by Crippen LogP contribution is 2.02. The van der Waals surface area contributed by atoms with Crippen molar-refractivity contribution in [3.63, 3.8) is 0 Å². The molecule has 0 aromatic heterocycles. The van der Waals surface area contributed by atoms with E-state index >= 15 is 0 Å². The molecule has 112 valence electrons. The fourth-order valence-corrected chi connectivity index (χ4v) is 1.87. The Hall–Kier alpha value is -2.88. The van der Waals surface area contributed by atoms with E-state index in [2.05, 4.69) is 10.9 Å². The second-order valence-electron chi connectivity index (χ2n) is 4.77. The molecule has 4 heteroatoms. The van der Waals surface area contributed by atoms with Gasteiger partial charge in [0.25, 0.3) is 5.91 Å². The summed E-state index contributed by atoms with van der Waals surface area (Å²) in [6.07, 6.45) is 4.04. The first-order valence-electron chi connectivity index (χ1n) is 7.10. The fourth-order valence-electron chi connectivity index (χ4n) is 1.87. The largest absolute Gasteiger partial charge is 0.273 e. The van der Waals surface area contributed by atoms with Gasteiger partial charge in [-0.05, 0) is 23.6 Å². The van der Waals surface area contributed by atoms with Gasteiger partial charge in [0, 0.05) is 12.5 Å². The van der Waals surface area contributed by atoms with E-state index in [1.54, 1.807) is 6.08 Å². The summed E-state index contributed by atoms with van der Waals surface area (Å²) in [5.41, 5.74) is 6.78. The van der Waals surface area contributed by atoms with Crippen LogP contribution in [-0.2, 0) is 16.0 Å². The molecule has 2 rings (SSSR count). The van der Waals surface area contributed by atoms with Crippen LogP contribution in [0.2, 0.25) is 0 Å². The Labute approximate surface area is 129 Å². The van der Waals surface area contributed by atoms with Crippen LogP contribution in [0.1, 0.15) is 17.5 Å². The normalized spacial score (nSPS) is 10.4. The molecule has 2 aromatic carbocycles. The maximum atomic E-state index is 11.6. The van der Waals surface area contributed by atoms with Crippen molar-refractivity contribution in [1.29, 1.82) is 0 Å². The van der Waals surface area contributed by atoms with E-state index in [9.17, 15) is 9.59 Å². The molecule has 0 aliphatic heterocycles. The molecule has 2 N–H and O–H groups in total. The van der Waals surface area contributed by atoms with Gasteiger partial charge >= 0.3 is 0 Å². The summed E-state index contributed by atoms with van der Waals surface area (Å²) in [7, 11) is 0. The van der Waals surface area contributed by atoms with Crippen LogP contribution in [0.5, 0.6) is 0 Å². The third-order valence-electron chi connectivity index (χ3n) is 3.04. The molecule has 0 spiro atoms. The Morgan fingerprint density at radius 3 is 2.18 bits per heavy atom. The molecule has 0 unspecified atom stereocenters. The Morgan fingerprint density at radius 1 is 0.864 bits per heavy atom. The molecule has 0 bridgehead atoms. The number of carbonyl (C=O) groups is 2. The first kappa shape index (κ1) is 15.5. The number of benzene rings is 2. The molecule has 4 nitrogen and oxygen atoms in total. The Morgan fingerprint density at radius 2 is 1.50 bits per heavy atom. The van der Waals surface area contributed by atoms with Gasteiger partial charge in [0.15, 0.2) is 0 Å². The minimum absolute atomic E-state index is 0.217. The molecule has 22 heavy (non-hydrogen) atoms. The lowest BCUT2D eigenvalue weighted by atomic mass is 10.1. The van der Waals surface area contributed by atoms with Gasteiger partial charge in [-0.1, -0.05) is 60.7 Å². The van der Waals surface area contributed by atoms with E-state index < -0.39 is 0 Å². The lowest BCUT2D eigenvalue weighted by Gasteiger charge is -2.05. The first-order chi connectivity index (χ1) is 10.7. The van der Waals surface area contributed by atoms with E-state index in [4.69, 9.17) is 0 Å². The number of hydrogen-bond acceptors (Lipinski definition) is 2. The summed E-state index contributed by atoms with van der Waals surface area (Å²) in [6.45, 7) is 0. The molecule has 0 aliphatic rings. The summed E-state index contributed by atoms with van der Waals surface area (Å²) in [5.74, 6) is -0.581. The van der Waals surface area contributed by atoms with Crippen molar-refractivity contribution in [2.45, 2.75) is 12.8 Å². The average Bonchev–Trinajstić information content (AvgIpc) is 2.58. The smallest absolute Gasteiger partial charge is 0.262 e. The number of hydrogen-bond donors (Lipinski definition) is 2. The van der Waals surface area contributed by atoms with Crippen LogP contribution >= 0.6 is 0 Å². The van der Waals surface area contributed by atoms with Gasteiger partial charge in [0.05, 0.1) is 0 Å². The van der Waals surface area contributed by atoms with E-state index in [1.165, 1.54) is 6.08 Å². The van der Waals surface area contributed by atoms with Crippen molar-refractivity contribution in [1.82, 2.24) is 10.9 Å². The molecule has 0 heterocycles. The zero-order chi connectivity index (χ0) is 15.6. The first-order valence-corrected chi connectivity index (χ1v) is 7.10. The lowest BCUT2D eigenvalue weighted by Crippen LogP contribution is -2.40. The monoisotopic (exact) mass is 294 g/mol. The molecule has 0 aliphatic carbocycles. The van der Waals surface area contributed by atoms with Crippen LogP contribution in [0, 0.1) is 0 Å². The minimum Gasteiger partial charge on any atom is -0.273 e. The zero-order valence-electron chi connectivity index (χ0n) is 12.2. The molecule has 0 saturated carbocycles. The number of carbonyl (C=O) groups excluding carboxylic acids is 2. The lowest BCUT2D eigenvalue weighted by molar-refractivity contribution is -0.126. The van der Waals surface area contributed by atoms with Crippen LogP contribution in [-0.4, -0.2) is 11.8 Å². The maximum Gasteiger partial charge on any atom is 0.262 e. The third kappa shape index (κ3) is 5.63. The summed E-state index contributed by atoms with van der Waals surface area (Å²) >= 11 is 0. The Kier molecular flexibility index (Phi) is 5.93. The van der Waals surface area contributed by atoms with Gasteiger partial charge in [-0.3, -0.25) is 20.4 Å². The molecular formula is C18H18N2O2. The predicted octanol–water partition coefficient (Wildman–Crippen LogP) is 2.48. The highest BCUT2D eigenvalue weighted by Gasteiger charge is 2.02. The highest BCUT2D eigenvalue weighted by atomic mass is 16.2. The minimum atomic E-state index is -0.364. The van der Waals surface area contributed by atoms with Crippen molar-refractivity contribution < 1.29 is 9.59 Å². The fraction of sp³-hybridized carbons (Fsp3) is 0.111. The van der Waals surface area contributed by atoms with Crippen LogP contribution in [0.25, 0.3) is 6.08 Å². The van der Waals surface area contributed by atoms with E-state index in [1.807, 2.05) is 60.7 Å². The van der Waals surface area contributed by atoms with E-state index in [-0.39, 0.29) is 11.8 Å². The highest BCUT2D eigenvalue weighted by molar-refractivity contribution is 5.93. The summed E-state index contributed by atoms with van der Waals surface area (Å²) in [6, 6.07) is 19.2. The molecule has 2 amide bonds. The van der Waals surface area contributed by atoms with Gasteiger partial charge in [0.1, 0.15) is 0 Å². The number of rotatable bonds is 5. The standard InChI is InChI=1S/C18H18N2O2/c21-17(13-11-15-7-3-1-4-8-15)19-20-18(22)14-12-16-9-5-2-6-10-16/h1-11,13H,12,14H2,(H,19,21)(H,20,22)/b13-11-. The summed E-state index contributed by atoms with van der Waals surface area (Å²) < 4.78 is 0. The van der Waals surface area contributed by atoms with E-state index in [0.717, 1.165) is 11.1 Å². The average molecular weight is 294 g/mol. The molecule has 0 fully saturated rings. The number of amides is 2. The van der Waals surface area contributed by atoms with Crippen LogP contribution in [0.3, 0.4) is 0 Å². The number of aryl methyl sites for hydroxylation is 1. The van der Waals surface area contributed by atoms with Gasteiger partial charge < -0.3 is 0 Å². The quantitative estimate of drug-likeness (QED) is 0.657. The van der Waals surface area contributed by atoms with Gasteiger partial charge in [-0.2, -0.15) is 0 Å². The molecule has 0 saturated heterocycles. The van der Waals surface area contributed by atoms with Crippen molar-refractivity contribution >= 4 is 17.9 Å². The Bertz CT molecular complexity index is 637. The predicted molar refractivity (Wildman–Crippen MR) is 86.5 cm³/mol. The van der Waals surface area contributed by atoms with Crippen LogP contribution in [0.15, 0.2) is 66.7 Å². The second kappa shape index (κ2) is 8.42. The molecular weight excluding hydrogens is 276 g/mol. The van der Waals surface area contributed by atoms with Crippen LogP contribution < -0.4 is 10.9 Å². The topological polar surface area (TPSA) is 58.2 Å². The van der Waals surface area contributed by atoms with Crippen molar-refractivity contribution in [2.75, 3.05) is 0 Å². The number of nitrogens with one attached hydrogen (secondary N) is 2. The summed E-state index contributed by atoms with van der Waals surface area (Å²) in [4.78, 5) is 23.2. The second-order valence-corrected chi connectivity index (χ2v) is 4.77. The Balaban J connectivity index is 1.69. The number of hydrazine groups is 1. The summed E-state index contributed by atoms with van der Waals surface area (Å²) in [5, 5.41) is 0. The van der Waals surface area contributed by atoms with Gasteiger partial charge in [-0.15, -0.1) is 0 Å². The third-order valence-corrected chi connectivity index (χ3v) is 3.04. The molecule has 0 atom stereocenters. The van der Waals surface area contributed by atoms with Gasteiger partial charge in [-0.25, -0.2) is 0 Å². The van der Waals surface area contributed by atoms with Crippen molar-refractivity contribution in [3.8, 4) is 0 Å². The molecule has 0 radical (unpaired) electrons. The van der Waals surface area contributed by atoms with Crippen molar-refractivity contribution in [3.05, 3.63) is 77.9 Å². The van der Waals surface area contributed by atoms with E-state index in [0.29, 0.717) is 12.8 Å². The SMILES string of the molecule is O=C(/C=C\c1ccccc1)NNC(=O)CCc1ccccc1. The van der Waals surface area contributed by atoms with Crippen molar-refractivity contribution in [2.24, 2.45) is 0 Å². The maximum absolute atomic E-state index is 11.6. The van der Waals surface area contributed by atoms with Crippen LogP contribution in [0.4, 0.5) is 0 Å². The molecule has 2 aromatic rings. The zero-order valence-corrected chi connectivity index (χ0v) is 12.2. The van der Waals surface area contributed by atoms with Gasteiger partial charge in [0.2, 0.25) is 5.91 Å².